The van der Waals surface area contributed by atoms with Crippen molar-refractivity contribution < 1.29 is 0 Å². The van der Waals surface area contributed by atoms with Crippen molar-refractivity contribution in [1.82, 2.24) is 4.49 Å². The van der Waals surface area contributed by atoms with E-state index in [1.807, 2.05) is 25.2 Å². The van der Waals surface area contributed by atoms with E-state index in [1.165, 1.54) is 11.0 Å². The second-order valence-electron chi connectivity index (χ2n) is 3.34. The molecule has 82 valence electrons. The minimum absolute atomic E-state index is 0.449. The molecule has 0 aromatic heterocycles. The Labute approximate surface area is 102 Å². The number of rotatable bonds is 7. The summed E-state index contributed by atoms with van der Waals surface area (Å²) in [6.45, 7) is 9.74. The van der Waals surface area contributed by atoms with E-state index in [1.54, 1.807) is 0 Å². The molecule has 2 unspecified atom stereocenters. The first-order chi connectivity index (χ1) is 7.15. The van der Waals surface area contributed by atoms with Crippen molar-refractivity contribution >= 4 is 29.4 Å². The van der Waals surface area contributed by atoms with Crippen LogP contribution < -0.4 is 4.49 Å². The lowest BCUT2D eigenvalue weighted by atomic mass is 9.90. The van der Waals surface area contributed by atoms with Crippen LogP contribution in [0.2, 0.25) is 0 Å². The molecule has 0 heterocycles. The van der Waals surface area contributed by atoms with Gasteiger partial charge in [0, 0.05) is 5.66 Å². The van der Waals surface area contributed by atoms with Crippen LogP contribution in [0.3, 0.4) is 0 Å². The first kappa shape index (κ1) is 14.8. The largest absolute Gasteiger partial charge is 0.247 e. The van der Waals surface area contributed by atoms with Gasteiger partial charge in [-0.3, -0.25) is 0 Å². The lowest BCUT2D eigenvalue weighted by Crippen LogP contribution is -2.08. The second kappa shape index (κ2) is 9.02. The summed E-state index contributed by atoms with van der Waals surface area (Å²) in [4.78, 5) is 0. The molecule has 0 radical (unpaired) electrons. The molecule has 0 spiro atoms. The van der Waals surface area contributed by atoms with Gasteiger partial charge in [0.2, 0.25) is 0 Å². The molecule has 15 heavy (non-hydrogen) atoms. The van der Waals surface area contributed by atoms with Gasteiger partial charge in [-0.2, -0.15) is 0 Å². The highest BCUT2D eigenvalue weighted by molar-refractivity contribution is 7.83. The SMILES string of the molecule is BC(=C)C(CC(/C=C\C)=C/C=C)PNS. The topological polar surface area (TPSA) is 12.0 Å². The maximum Gasteiger partial charge on any atom is 0.134 e. The van der Waals surface area contributed by atoms with Crippen molar-refractivity contribution in [3.05, 3.63) is 48.5 Å². The van der Waals surface area contributed by atoms with E-state index >= 15 is 0 Å². The summed E-state index contributed by atoms with van der Waals surface area (Å²) in [6.07, 6.45) is 9.00. The van der Waals surface area contributed by atoms with Gasteiger partial charge in [0.25, 0.3) is 0 Å². The Morgan fingerprint density at radius 2 is 2.33 bits per heavy atom. The predicted octanol–water partition coefficient (Wildman–Crippen LogP) is 2.61. The molecular formula is C11H19BNPS. The molecule has 0 rings (SSSR count). The lowest BCUT2D eigenvalue weighted by Gasteiger charge is -2.16. The van der Waals surface area contributed by atoms with E-state index in [-0.39, 0.29) is 0 Å². The molecule has 0 aromatic carbocycles. The monoisotopic (exact) mass is 239 g/mol. The van der Waals surface area contributed by atoms with Crippen molar-refractivity contribution in [3.63, 3.8) is 0 Å². The molecule has 2 atom stereocenters. The number of hydrogen-bond acceptors (Lipinski definition) is 2. The van der Waals surface area contributed by atoms with Crippen LogP contribution in [-0.4, -0.2) is 13.5 Å². The van der Waals surface area contributed by atoms with Gasteiger partial charge in [-0.25, -0.2) is 4.49 Å². The summed E-state index contributed by atoms with van der Waals surface area (Å²) < 4.78 is 2.92. The Hall–Kier alpha value is -0.235. The Morgan fingerprint density at radius 3 is 2.73 bits per heavy atom. The van der Waals surface area contributed by atoms with E-state index < -0.39 is 0 Å². The highest BCUT2D eigenvalue weighted by Crippen LogP contribution is 2.27. The summed E-state index contributed by atoms with van der Waals surface area (Å²) in [6, 6.07) is 0. The maximum atomic E-state index is 4.04. The summed E-state index contributed by atoms with van der Waals surface area (Å²) in [5, 5.41) is 0. The Bertz CT molecular complexity index is 274. The Kier molecular flexibility index (Phi) is 8.88. The molecule has 0 amide bonds. The zero-order chi connectivity index (χ0) is 11.7. The zero-order valence-electron chi connectivity index (χ0n) is 9.46. The van der Waals surface area contributed by atoms with Gasteiger partial charge < -0.3 is 0 Å². The average molecular weight is 239 g/mol. The van der Waals surface area contributed by atoms with Crippen molar-refractivity contribution in [2.75, 3.05) is 0 Å². The first-order valence-corrected chi connectivity index (χ1v) is 6.42. The van der Waals surface area contributed by atoms with Gasteiger partial charge in [0.05, 0.1) is 0 Å². The normalized spacial score (nSPS) is 14.9. The van der Waals surface area contributed by atoms with E-state index in [2.05, 4.69) is 44.4 Å². The number of hydrogen-bond donors (Lipinski definition) is 2. The minimum atomic E-state index is 0.449. The van der Waals surface area contributed by atoms with Gasteiger partial charge in [-0.1, -0.05) is 43.7 Å². The fraction of sp³-hybridized carbons (Fsp3) is 0.273. The van der Waals surface area contributed by atoms with Crippen LogP contribution in [0, 0.1) is 0 Å². The lowest BCUT2D eigenvalue weighted by molar-refractivity contribution is 1.00. The molecule has 0 fully saturated rings. The third-order valence-electron chi connectivity index (χ3n) is 1.99. The molecule has 0 saturated heterocycles. The van der Waals surface area contributed by atoms with Gasteiger partial charge in [-0.15, -0.1) is 12.1 Å². The van der Waals surface area contributed by atoms with Crippen LogP contribution in [-0.2, 0) is 0 Å². The number of nitrogens with one attached hydrogen (secondary N) is 1. The summed E-state index contributed by atoms with van der Waals surface area (Å²) >= 11 is 4.04. The first-order valence-electron chi connectivity index (χ1n) is 4.90. The molecule has 0 aliphatic heterocycles. The van der Waals surface area contributed by atoms with E-state index in [0.29, 0.717) is 14.4 Å². The van der Waals surface area contributed by atoms with Crippen molar-refractivity contribution in [2.24, 2.45) is 0 Å². The maximum absolute atomic E-state index is 4.04. The van der Waals surface area contributed by atoms with Crippen molar-refractivity contribution in [3.8, 4) is 0 Å². The fourth-order valence-corrected chi connectivity index (χ4v) is 2.43. The Morgan fingerprint density at radius 1 is 1.67 bits per heavy atom. The minimum Gasteiger partial charge on any atom is -0.247 e. The molecule has 0 aliphatic carbocycles. The molecule has 1 nitrogen and oxygen atoms in total. The van der Waals surface area contributed by atoms with Crippen molar-refractivity contribution in [1.29, 1.82) is 0 Å². The van der Waals surface area contributed by atoms with Gasteiger partial charge in [0.1, 0.15) is 7.85 Å². The molecular weight excluding hydrogens is 220 g/mol. The molecule has 0 aromatic rings. The third-order valence-corrected chi connectivity index (χ3v) is 3.55. The molecule has 0 aliphatic rings. The van der Waals surface area contributed by atoms with Crippen LogP contribution in [0.5, 0.6) is 0 Å². The van der Waals surface area contributed by atoms with E-state index in [9.17, 15) is 0 Å². The van der Waals surface area contributed by atoms with Crippen LogP contribution in [0.15, 0.2) is 48.5 Å². The third kappa shape index (κ3) is 6.78. The highest BCUT2D eigenvalue weighted by Gasteiger charge is 2.09. The number of allylic oxidation sites excluding steroid dienone is 6. The van der Waals surface area contributed by atoms with Gasteiger partial charge in [0.15, 0.2) is 0 Å². The average Bonchev–Trinajstić information content (AvgIpc) is 2.17. The molecule has 4 heteroatoms. The quantitative estimate of drug-likeness (QED) is 0.301. The standard InChI is InChI=1S/C11H19BNPS/c1-4-6-10(7-5-2)8-11(9(3)12)14-13-15/h4-7,11,13-15H,1,3,8,12H2,2H3/b7-5-,10-6+. The van der Waals surface area contributed by atoms with Crippen LogP contribution in [0.1, 0.15) is 13.3 Å². The van der Waals surface area contributed by atoms with Crippen LogP contribution in [0.4, 0.5) is 0 Å². The summed E-state index contributed by atoms with van der Waals surface area (Å²) in [5.74, 6) is 0. The van der Waals surface area contributed by atoms with Crippen molar-refractivity contribution in [2.45, 2.75) is 19.0 Å². The van der Waals surface area contributed by atoms with Crippen LogP contribution >= 0.6 is 21.5 Å². The Balaban J connectivity index is 4.53. The van der Waals surface area contributed by atoms with E-state index in [0.717, 1.165) is 6.42 Å². The van der Waals surface area contributed by atoms with E-state index in [4.69, 9.17) is 0 Å². The molecule has 0 bridgehead atoms. The van der Waals surface area contributed by atoms with Gasteiger partial charge in [-0.05, 0) is 27.6 Å². The summed E-state index contributed by atoms with van der Waals surface area (Å²) in [7, 11) is 2.65. The fourth-order valence-electron chi connectivity index (χ4n) is 1.22. The number of thiol groups is 1. The second-order valence-corrected chi connectivity index (χ2v) is 5.22. The van der Waals surface area contributed by atoms with Crippen LogP contribution in [0.25, 0.3) is 0 Å². The predicted molar refractivity (Wildman–Crippen MR) is 79.6 cm³/mol. The highest BCUT2D eigenvalue weighted by atomic mass is 32.1. The van der Waals surface area contributed by atoms with Gasteiger partial charge >= 0.3 is 0 Å². The zero-order valence-corrected chi connectivity index (χ0v) is 11.3. The molecule has 0 saturated carbocycles. The molecule has 1 N–H and O–H groups in total. The summed E-state index contributed by atoms with van der Waals surface area (Å²) in [5.41, 5.74) is 2.91. The smallest absolute Gasteiger partial charge is 0.134 e.